The highest BCUT2D eigenvalue weighted by Crippen LogP contribution is 2.39. The minimum atomic E-state index is -0.527. The Morgan fingerprint density at radius 2 is 1.72 bits per heavy atom. The van der Waals surface area contributed by atoms with Crippen molar-refractivity contribution < 1.29 is 19.1 Å². The van der Waals surface area contributed by atoms with Crippen LogP contribution in [0.5, 0.6) is 0 Å². The maximum Gasteiger partial charge on any atom is 0.341 e. The molecule has 0 saturated carbocycles. The largest absolute Gasteiger partial charge is 0.462 e. The number of nitrogens with zero attached hydrogens (tertiary/aromatic N) is 2. The summed E-state index contributed by atoms with van der Waals surface area (Å²) in [5, 5.41) is 8.11. The lowest BCUT2D eigenvalue weighted by Gasteiger charge is -2.18. The smallest absolute Gasteiger partial charge is 0.341 e. The van der Waals surface area contributed by atoms with Crippen LogP contribution < -0.4 is 10.7 Å². The molecule has 0 radical (unpaired) electrons. The second-order valence-electron chi connectivity index (χ2n) is 10.6. The monoisotopic (exact) mass is 596 g/mol. The van der Waals surface area contributed by atoms with Gasteiger partial charge in [-0.1, -0.05) is 48.5 Å². The van der Waals surface area contributed by atoms with E-state index in [4.69, 9.17) is 4.74 Å². The van der Waals surface area contributed by atoms with Gasteiger partial charge in [0.15, 0.2) is 0 Å². The summed E-state index contributed by atoms with van der Waals surface area (Å²) in [6, 6.07) is 19.8. The Bertz CT molecular complexity index is 1640. The number of ether oxygens (including phenoxy) is 1. The van der Waals surface area contributed by atoms with Gasteiger partial charge < -0.3 is 14.6 Å². The number of nitrogens with one attached hydrogen (secondary N) is 2. The number of hydrogen-bond donors (Lipinski definition) is 2. The lowest BCUT2D eigenvalue weighted by atomic mass is 9.95. The maximum absolute atomic E-state index is 13.1. The van der Waals surface area contributed by atoms with E-state index in [1.807, 2.05) is 63.2 Å². The Morgan fingerprint density at radius 1 is 1.02 bits per heavy atom. The van der Waals surface area contributed by atoms with Crippen LogP contribution in [-0.4, -0.2) is 35.2 Å². The summed E-state index contributed by atoms with van der Waals surface area (Å²) in [4.78, 5) is 40.2. The van der Waals surface area contributed by atoms with Crippen molar-refractivity contribution in [1.82, 2.24) is 15.3 Å². The third-order valence-electron chi connectivity index (χ3n) is 7.63. The third-order valence-corrected chi connectivity index (χ3v) is 8.91. The lowest BCUT2D eigenvalue weighted by Crippen LogP contribution is -2.32. The normalized spacial score (nSPS) is 13.4. The van der Waals surface area contributed by atoms with Gasteiger partial charge in [0.25, 0.3) is 5.91 Å². The van der Waals surface area contributed by atoms with E-state index >= 15 is 0 Å². The molecule has 2 heterocycles. The average Bonchev–Trinajstić information content (AvgIpc) is 3.53. The molecule has 1 atom stereocenters. The van der Waals surface area contributed by atoms with Gasteiger partial charge in [0.2, 0.25) is 5.91 Å². The molecule has 222 valence electrons. The van der Waals surface area contributed by atoms with Gasteiger partial charge in [-0.15, -0.1) is 11.3 Å². The van der Waals surface area contributed by atoms with Crippen molar-refractivity contribution >= 4 is 35.3 Å². The van der Waals surface area contributed by atoms with Crippen LogP contribution in [-0.2, 0) is 22.4 Å². The fraction of sp³-hybridized carbons (Fsp3) is 0.294. The van der Waals surface area contributed by atoms with Crippen LogP contribution in [0.25, 0.3) is 5.00 Å². The van der Waals surface area contributed by atoms with Crippen LogP contribution in [0.1, 0.15) is 85.9 Å². The number of thiophene rings is 1. The van der Waals surface area contributed by atoms with Crippen molar-refractivity contribution in [3.05, 3.63) is 111 Å². The molecule has 0 bridgehead atoms. The molecule has 2 aromatic carbocycles. The zero-order valence-electron chi connectivity index (χ0n) is 24.7. The van der Waals surface area contributed by atoms with Crippen LogP contribution in [0.2, 0.25) is 0 Å². The predicted molar refractivity (Wildman–Crippen MR) is 169 cm³/mol. The quantitative estimate of drug-likeness (QED) is 0.129. The molecule has 9 heteroatoms. The number of carbonyl (C=O) groups excluding carboxylic acids is 3. The summed E-state index contributed by atoms with van der Waals surface area (Å²) >= 11 is 1.66. The predicted octanol–water partition coefficient (Wildman–Crippen LogP) is 6.22. The van der Waals surface area contributed by atoms with Crippen LogP contribution in [0.4, 0.5) is 0 Å². The number of hydrazone groups is 1. The first-order valence-electron chi connectivity index (χ1n) is 14.6. The third kappa shape index (κ3) is 6.78. The molecule has 0 saturated heterocycles. The number of carbonyl (C=O) groups is 3. The van der Waals surface area contributed by atoms with Gasteiger partial charge >= 0.3 is 5.97 Å². The number of benzene rings is 2. The first-order valence-corrected chi connectivity index (χ1v) is 15.4. The van der Waals surface area contributed by atoms with E-state index in [9.17, 15) is 14.4 Å². The highest BCUT2D eigenvalue weighted by Gasteiger charge is 2.28. The maximum atomic E-state index is 13.1. The van der Waals surface area contributed by atoms with Crippen molar-refractivity contribution in [2.45, 2.75) is 58.9 Å². The molecule has 1 aliphatic carbocycles. The van der Waals surface area contributed by atoms with E-state index < -0.39 is 6.04 Å². The molecule has 0 spiro atoms. The molecular formula is C34H36N4O4S. The second-order valence-corrected chi connectivity index (χ2v) is 11.7. The molecule has 2 aromatic heterocycles. The molecule has 8 nitrogen and oxygen atoms in total. The van der Waals surface area contributed by atoms with E-state index in [0.717, 1.165) is 58.8 Å². The first-order chi connectivity index (χ1) is 20.9. The minimum absolute atomic E-state index is 0.0165. The highest BCUT2D eigenvalue weighted by atomic mass is 32.1. The molecule has 2 amide bonds. The Hall–Kier alpha value is -4.50. The van der Waals surface area contributed by atoms with Crippen molar-refractivity contribution in [2.75, 3.05) is 6.61 Å². The average molecular weight is 597 g/mol. The summed E-state index contributed by atoms with van der Waals surface area (Å²) in [6.45, 7) is 6.13. The first kappa shape index (κ1) is 30.0. The second kappa shape index (κ2) is 13.6. The van der Waals surface area contributed by atoms with Gasteiger partial charge in [0, 0.05) is 27.4 Å². The Balaban J connectivity index is 1.33. The van der Waals surface area contributed by atoms with Crippen LogP contribution in [0.3, 0.4) is 0 Å². The number of amides is 2. The molecule has 1 aliphatic rings. The van der Waals surface area contributed by atoms with Gasteiger partial charge in [-0.05, 0) is 75.8 Å². The SMILES string of the molecule is CCOC(=O)c1c(-n2c(C)cc(/C=N\NC(=O)C[C@H](NC(=O)c3ccccc3)c3ccccc3)c2C)sc2c1CCCC2. The van der Waals surface area contributed by atoms with Gasteiger partial charge in [0.05, 0.1) is 30.8 Å². The van der Waals surface area contributed by atoms with Gasteiger partial charge in [0.1, 0.15) is 5.00 Å². The molecule has 5 rings (SSSR count). The summed E-state index contributed by atoms with van der Waals surface area (Å²) < 4.78 is 7.55. The van der Waals surface area contributed by atoms with Crippen molar-refractivity contribution in [3.63, 3.8) is 0 Å². The number of aryl methyl sites for hydroxylation is 2. The molecule has 0 unspecified atom stereocenters. The molecule has 0 fully saturated rings. The molecule has 43 heavy (non-hydrogen) atoms. The molecule has 0 aliphatic heterocycles. The number of aromatic nitrogens is 1. The van der Waals surface area contributed by atoms with Crippen LogP contribution >= 0.6 is 11.3 Å². The number of hydrogen-bond acceptors (Lipinski definition) is 6. The van der Waals surface area contributed by atoms with Crippen molar-refractivity contribution in [3.8, 4) is 5.00 Å². The Kier molecular flexibility index (Phi) is 9.51. The van der Waals surface area contributed by atoms with E-state index in [-0.39, 0.29) is 24.2 Å². The Labute approximate surface area is 255 Å². The van der Waals surface area contributed by atoms with Crippen LogP contribution in [0, 0.1) is 13.8 Å². The summed E-state index contributed by atoms with van der Waals surface area (Å²) in [6.07, 6.45) is 5.68. The van der Waals surface area contributed by atoms with Crippen molar-refractivity contribution in [2.24, 2.45) is 5.10 Å². The van der Waals surface area contributed by atoms with E-state index in [1.54, 1.807) is 41.8 Å². The fourth-order valence-electron chi connectivity index (χ4n) is 5.53. The van der Waals surface area contributed by atoms with E-state index in [2.05, 4.69) is 20.4 Å². The van der Waals surface area contributed by atoms with Gasteiger partial charge in [-0.2, -0.15) is 5.10 Å². The highest BCUT2D eigenvalue weighted by molar-refractivity contribution is 7.15. The summed E-state index contributed by atoms with van der Waals surface area (Å²) in [5.74, 6) is -0.863. The number of esters is 1. The van der Waals surface area contributed by atoms with E-state index in [0.29, 0.717) is 17.7 Å². The number of fused-ring (bicyclic) bond motifs is 1. The van der Waals surface area contributed by atoms with Crippen molar-refractivity contribution in [1.29, 1.82) is 0 Å². The molecule has 4 aromatic rings. The Morgan fingerprint density at radius 3 is 2.44 bits per heavy atom. The number of rotatable bonds is 10. The topological polar surface area (TPSA) is 102 Å². The zero-order valence-corrected chi connectivity index (χ0v) is 25.5. The minimum Gasteiger partial charge on any atom is -0.462 e. The lowest BCUT2D eigenvalue weighted by molar-refractivity contribution is -0.121. The summed E-state index contributed by atoms with van der Waals surface area (Å²) in [7, 11) is 0. The van der Waals surface area contributed by atoms with E-state index in [1.165, 1.54) is 4.88 Å². The standard InChI is InChI=1S/C34H36N4O4S/c1-4-42-34(41)31-27-17-11-12-18-29(27)43-33(31)38-22(2)19-26(23(38)3)21-35-37-30(39)20-28(24-13-7-5-8-14-24)36-32(40)25-15-9-6-10-16-25/h5-10,13-16,19,21,28H,4,11-12,17-18,20H2,1-3H3,(H,36,40)(H,37,39)/b35-21-/t28-/m0/s1. The molecule has 2 N–H and O–H groups in total. The zero-order chi connectivity index (χ0) is 30.3. The fourth-order valence-corrected chi connectivity index (χ4v) is 7.02. The summed E-state index contributed by atoms with van der Waals surface area (Å²) in [5.41, 5.74) is 8.46. The van der Waals surface area contributed by atoms with Crippen LogP contribution in [0.15, 0.2) is 71.8 Å². The van der Waals surface area contributed by atoms with Gasteiger partial charge in [-0.3, -0.25) is 9.59 Å². The molecular weight excluding hydrogens is 560 g/mol. The van der Waals surface area contributed by atoms with Gasteiger partial charge in [-0.25, -0.2) is 10.2 Å².